The van der Waals surface area contributed by atoms with Gasteiger partial charge in [-0.3, -0.25) is 4.68 Å². The summed E-state index contributed by atoms with van der Waals surface area (Å²) in [6, 6.07) is 8.00. The van der Waals surface area contributed by atoms with Crippen LogP contribution >= 0.6 is 0 Å². The van der Waals surface area contributed by atoms with Gasteiger partial charge in [0.25, 0.3) is 0 Å². The number of aryl methyl sites for hydroxylation is 1. The van der Waals surface area contributed by atoms with E-state index in [0.29, 0.717) is 13.2 Å². The highest BCUT2D eigenvalue weighted by Crippen LogP contribution is 2.31. The van der Waals surface area contributed by atoms with E-state index < -0.39 is 0 Å². The molecule has 21 heavy (non-hydrogen) atoms. The molecule has 2 aromatic rings. The summed E-state index contributed by atoms with van der Waals surface area (Å²) >= 11 is 0. The van der Waals surface area contributed by atoms with E-state index >= 15 is 0 Å². The van der Waals surface area contributed by atoms with Gasteiger partial charge in [-0.1, -0.05) is 12.1 Å². The van der Waals surface area contributed by atoms with Gasteiger partial charge < -0.3 is 14.8 Å². The second-order valence-electron chi connectivity index (χ2n) is 4.75. The molecule has 1 heterocycles. The zero-order valence-corrected chi connectivity index (χ0v) is 12.9. The van der Waals surface area contributed by atoms with Gasteiger partial charge in [0.15, 0.2) is 11.5 Å². The monoisotopic (exact) mass is 289 g/mol. The third kappa shape index (κ3) is 3.98. The van der Waals surface area contributed by atoms with Gasteiger partial charge in [0.1, 0.15) is 0 Å². The minimum atomic E-state index is 0.598. The van der Waals surface area contributed by atoms with E-state index in [0.717, 1.165) is 35.7 Å². The van der Waals surface area contributed by atoms with Gasteiger partial charge in [0.2, 0.25) is 0 Å². The molecular formula is C16H23N3O2. The number of nitrogens with zero attached hydrogens (tertiary/aromatic N) is 2. The van der Waals surface area contributed by atoms with E-state index in [1.165, 1.54) is 0 Å². The zero-order valence-electron chi connectivity index (χ0n) is 12.9. The highest BCUT2D eigenvalue weighted by atomic mass is 16.5. The topological polar surface area (TPSA) is 48.3 Å². The summed E-state index contributed by atoms with van der Waals surface area (Å²) in [7, 11) is 3.86. The standard InChI is InChI=1S/C16H23N3O2/c1-4-20-15-7-5-6-13(12-17-2)16(15)21-11-9-14-8-10-18-19(14)3/h5-8,10,17H,4,9,11-12H2,1-3H3. The van der Waals surface area contributed by atoms with Gasteiger partial charge in [-0.15, -0.1) is 0 Å². The first-order chi connectivity index (χ1) is 10.3. The lowest BCUT2D eigenvalue weighted by atomic mass is 10.2. The van der Waals surface area contributed by atoms with E-state index in [2.05, 4.69) is 16.5 Å². The number of hydrogen-bond donors (Lipinski definition) is 1. The Morgan fingerprint density at radius 2 is 2.10 bits per heavy atom. The minimum Gasteiger partial charge on any atom is -0.490 e. The molecule has 0 unspecified atom stereocenters. The van der Waals surface area contributed by atoms with Crippen molar-refractivity contribution < 1.29 is 9.47 Å². The Kier molecular flexibility index (Phi) is 5.63. The third-order valence-corrected chi connectivity index (χ3v) is 3.25. The summed E-state index contributed by atoms with van der Waals surface area (Å²) in [4.78, 5) is 0. The number of hydrogen-bond acceptors (Lipinski definition) is 4. The van der Waals surface area contributed by atoms with Crippen LogP contribution in [0.15, 0.2) is 30.5 Å². The van der Waals surface area contributed by atoms with Crippen molar-refractivity contribution in [3.8, 4) is 11.5 Å². The molecular weight excluding hydrogens is 266 g/mol. The van der Waals surface area contributed by atoms with Crippen LogP contribution in [0.4, 0.5) is 0 Å². The van der Waals surface area contributed by atoms with E-state index in [1.54, 1.807) is 6.20 Å². The predicted molar refractivity (Wildman–Crippen MR) is 82.8 cm³/mol. The zero-order chi connectivity index (χ0) is 15.1. The number of aromatic nitrogens is 2. The van der Waals surface area contributed by atoms with Crippen molar-refractivity contribution in [3.05, 3.63) is 41.7 Å². The summed E-state index contributed by atoms with van der Waals surface area (Å²) in [5.74, 6) is 1.63. The molecule has 1 aromatic heterocycles. The van der Waals surface area contributed by atoms with Crippen LogP contribution in [-0.4, -0.2) is 30.0 Å². The summed E-state index contributed by atoms with van der Waals surface area (Å²) < 4.78 is 13.5. The summed E-state index contributed by atoms with van der Waals surface area (Å²) in [5, 5.41) is 7.32. The van der Waals surface area contributed by atoms with Crippen molar-refractivity contribution in [2.45, 2.75) is 19.9 Å². The summed E-state index contributed by atoms with van der Waals surface area (Å²) in [5.41, 5.74) is 2.26. The first kappa shape index (κ1) is 15.4. The molecule has 0 amide bonds. The quantitative estimate of drug-likeness (QED) is 0.809. The van der Waals surface area contributed by atoms with Crippen LogP contribution in [0.25, 0.3) is 0 Å². The van der Waals surface area contributed by atoms with E-state index in [1.807, 2.05) is 43.9 Å². The van der Waals surface area contributed by atoms with E-state index in [9.17, 15) is 0 Å². The number of nitrogens with one attached hydrogen (secondary N) is 1. The van der Waals surface area contributed by atoms with Crippen LogP contribution in [0.1, 0.15) is 18.2 Å². The second kappa shape index (κ2) is 7.69. The van der Waals surface area contributed by atoms with Crippen LogP contribution < -0.4 is 14.8 Å². The van der Waals surface area contributed by atoms with Crippen LogP contribution in [0.5, 0.6) is 11.5 Å². The molecule has 0 radical (unpaired) electrons. The first-order valence-corrected chi connectivity index (χ1v) is 7.25. The molecule has 1 N–H and O–H groups in total. The van der Waals surface area contributed by atoms with Crippen molar-refractivity contribution in [2.24, 2.45) is 7.05 Å². The Hall–Kier alpha value is -2.01. The maximum absolute atomic E-state index is 6.00. The van der Waals surface area contributed by atoms with Gasteiger partial charge in [-0.25, -0.2) is 0 Å². The molecule has 0 saturated carbocycles. The number of ether oxygens (including phenoxy) is 2. The molecule has 0 aliphatic rings. The van der Waals surface area contributed by atoms with E-state index in [-0.39, 0.29) is 0 Å². The second-order valence-corrected chi connectivity index (χ2v) is 4.75. The van der Waals surface area contributed by atoms with Gasteiger partial charge in [-0.05, 0) is 26.1 Å². The molecule has 114 valence electrons. The van der Waals surface area contributed by atoms with Crippen molar-refractivity contribution in [1.29, 1.82) is 0 Å². The molecule has 0 spiro atoms. The Morgan fingerprint density at radius 3 is 2.76 bits per heavy atom. The normalized spacial score (nSPS) is 10.6. The van der Waals surface area contributed by atoms with Crippen LogP contribution in [0, 0.1) is 0 Å². The molecule has 5 nitrogen and oxygen atoms in total. The largest absolute Gasteiger partial charge is 0.490 e. The molecule has 0 aliphatic carbocycles. The maximum Gasteiger partial charge on any atom is 0.165 e. The molecule has 0 aliphatic heterocycles. The fourth-order valence-corrected chi connectivity index (χ4v) is 2.23. The van der Waals surface area contributed by atoms with Gasteiger partial charge in [-0.2, -0.15) is 5.10 Å². The average Bonchev–Trinajstić information content (AvgIpc) is 2.88. The Bertz CT molecular complexity index is 542. The fraction of sp³-hybridized carbons (Fsp3) is 0.438. The Morgan fingerprint density at radius 1 is 1.24 bits per heavy atom. The molecule has 5 heteroatoms. The lowest BCUT2D eigenvalue weighted by Crippen LogP contribution is -2.11. The van der Waals surface area contributed by atoms with E-state index in [4.69, 9.17) is 9.47 Å². The Labute approximate surface area is 125 Å². The first-order valence-electron chi connectivity index (χ1n) is 7.25. The Balaban J connectivity index is 2.07. The smallest absolute Gasteiger partial charge is 0.165 e. The number of para-hydroxylation sites is 1. The fourth-order valence-electron chi connectivity index (χ4n) is 2.23. The molecule has 1 aromatic carbocycles. The molecule has 0 fully saturated rings. The van der Waals surface area contributed by atoms with Crippen molar-refractivity contribution in [3.63, 3.8) is 0 Å². The van der Waals surface area contributed by atoms with Gasteiger partial charge in [0.05, 0.1) is 13.2 Å². The number of rotatable bonds is 8. The maximum atomic E-state index is 6.00. The molecule has 2 rings (SSSR count). The number of benzene rings is 1. The van der Waals surface area contributed by atoms with Crippen LogP contribution in [-0.2, 0) is 20.0 Å². The lowest BCUT2D eigenvalue weighted by molar-refractivity contribution is 0.274. The highest BCUT2D eigenvalue weighted by molar-refractivity contribution is 5.46. The summed E-state index contributed by atoms with van der Waals surface area (Å²) in [6.07, 6.45) is 2.62. The van der Waals surface area contributed by atoms with Gasteiger partial charge >= 0.3 is 0 Å². The third-order valence-electron chi connectivity index (χ3n) is 3.25. The molecule has 0 atom stereocenters. The highest BCUT2D eigenvalue weighted by Gasteiger charge is 2.11. The average molecular weight is 289 g/mol. The van der Waals surface area contributed by atoms with Crippen LogP contribution in [0.2, 0.25) is 0 Å². The van der Waals surface area contributed by atoms with Crippen LogP contribution in [0.3, 0.4) is 0 Å². The SMILES string of the molecule is CCOc1cccc(CNC)c1OCCc1ccnn1C. The van der Waals surface area contributed by atoms with Crippen molar-refractivity contribution >= 4 is 0 Å². The molecule has 0 bridgehead atoms. The van der Waals surface area contributed by atoms with Gasteiger partial charge in [0, 0.05) is 37.5 Å². The lowest BCUT2D eigenvalue weighted by Gasteiger charge is -2.16. The minimum absolute atomic E-state index is 0.598. The van der Waals surface area contributed by atoms with Crippen molar-refractivity contribution in [1.82, 2.24) is 15.1 Å². The predicted octanol–water partition coefficient (Wildman–Crippen LogP) is 2.16. The summed E-state index contributed by atoms with van der Waals surface area (Å²) in [6.45, 7) is 3.95. The van der Waals surface area contributed by atoms with Crippen molar-refractivity contribution in [2.75, 3.05) is 20.3 Å². The molecule has 0 saturated heterocycles.